The van der Waals surface area contributed by atoms with Gasteiger partial charge in [-0.25, -0.2) is 8.78 Å². The van der Waals surface area contributed by atoms with Crippen molar-refractivity contribution in [3.8, 4) is 0 Å². The maximum absolute atomic E-state index is 13.0. The van der Waals surface area contributed by atoms with Gasteiger partial charge in [-0.1, -0.05) is 0 Å². The third kappa shape index (κ3) is 3.63. The first kappa shape index (κ1) is 12.7. The molecule has 2 atom stereocenters. The van der Waals surface area contributed by atoms with E-state index < -0.39 is 11.8 Å². The standard InChI is InChI=1S/C12H20F2N2O/c13-12(14)5-3-9(8-12)11(17)16-10-2-1-6-15-7-4-10/h9-10,15H,1-8H2,(H,16,17). The van der Waals surface area contributed by atoms with Gasteiger partial charge in [-0.2, -0.15) is 0 Å². The number of nitrogens with one attached hydrogen (secondary N) is 2. The predicted molar refractivity (Wildman–Crippen MR) is 60.9 cm³/mol. The predicted octanol–water partition coefficient (Wildman–Crippen LogP) is 1.68. The zero-order valence-electron chi connectivity index (χ0n) is 9.98. The van der Waals surface area contributed by atoms with Gasteiger partial charge in [-0.05, 0) is 38.8 Å². The largest absolute Gasteiger partial charge is 0.353 e. The van der Waals surface area contributed by atoms with E-state index in [1.165, 1.54) is 0 Å². The normalized spacial score (nSPS) is 33.1. The number of rotatable bonds is 2. The topological polar surface area (TPSA) is 41.1 Å². The van der Waals surface area contributed by atoms with E-state index in [4.69, 9.17) is 0 Å². The Balaban J connectivity index is 1.80. The van der Waals surface area contributed by atoms with Crippen molar-refractivity contribution in [2.24, 2.45) is 5.92 Å². The van der Waals surface area contributed by atoms with Crippen LogP contribution in [0, 0.1) is 5.92 Å². The van der Waals surface area contributed by atoms with Gasteiger partial charge in [0, 0.05) is 24.8 Å². The van der Waals surface area contributed by atoms with Gasteiger partial charge in [0.15, 0.2) is 0 Å². The second-order valence-electron chi connectivity index (χ2n) is 5.18. The van der Waals surface area contributed by atoms with E-state index in [2.05, 4.69) is 10.6 Å². The molecule has 0 aromatic carbocycles. The van der Waals surface area contributed by atoms with Crippen LogP contribution in [0.2, 0.25) is 0 Å². The van der Waals surface area contributed by atoms with Gasteiger partial charge >= 0.3 is 0 Å². The molecule has 1 heterocycles. The monoisotopic (exact) mass is 246 g/mol. The molecule has 1 amide bonds. The van der Waals surface area contributed by atoms with Crippen LogP contribution >= 0.6 is 0 Å². The van der Waals surface area contributed by atoms with Gasteiger partial charge in [-0.3, -0.25) is 4.79 Å². The van der Waals surface area contributed by atoms with Crippen LogP contribution in [-0.4, -0.2) is 31.0 Å². The van der Waals surface area contributed by atoms with Crippen molar-refractivity contribution >= 4 is 5.91 Å². The number of carbonyl (C=O) groups is 1. The smallest absolute Gasteiger partial charge is 0.248 e. The van der Waals surface area contributed by atoms with Crippen LogP contribution < -0.4 is 10.6 Å². The van der Waals surface area contributed by atoms with Gasteiger partial charge in [0.05, 0.1) is 0 Å². The molecule has 0 aromatic heterocycles. The molecule has 0 radical (unpaired) electrons. The molecule has 5 heteroatoms. The van der Waals surface area contributed by atoms with E-state index in [9.17, 15) is 13.6 Å². The van der Waals surface area contributed by atoms with Crippen molar-refractivity contribution in [3.63, 3.8) is 0 Å². The van der Waals surface area contributed by atoms with Crippen molar-refractivity contribution in [3.05, 3.63) is 0 Å². The van der Waals surface area contributed by atoms with Gasteiger partial charge in [0.2, 0.25) is 11.8 Å². The molecule has 2 fully saturated rings. The van der Waals surface area contributed by atoms with Gasteiger partial charge in [0.25, 0.3) is 0 Å². The van der Waals surface area contributed by atoms with E-state index in [-0.39, 0.29) is 24.8 Å². The fourth-order valence-electron chi connectivity index (χ4n) is 2.66. The minimum Gasteiger partial charge on any atom is -0.353 e. The first-order chi connectivity index (χ1) is 8.07. The number of hydrogen-bond donors (Lipinski definition) is 2. The van der Waals surface area contributed by atoms with Gasteiger partial charge in [-0.15, -0.1) is 0 Å². The molecular weight excluding hydrogens is 226 g/mol. The molecule has 2 rings (SSSR count). The molecule has 3 nitrogen and oxygen atoms in total. The fourth-order valence-corrected chi connectivity index (χ4v) is 2.66. The molecule has 2 unspecified atom stereocenters. The zero-order valence-corrected chi connectivity index (χ0v) is 9.98. The third-order valence-corrected chi connectivity index (χ3v) is 3.70. The van der Waals surface area contributed by atoms with E-state index in [0.29, 0.717) is 6.42 Å². The lowest BCUT2D eigenvalue weighted by atomic mass is 10.0. The average Bonchev–Trinajstić information content (AvgIpc) is 2.50. The molecule has 2 aliphatic rings. The summed E-state index contributed by atoms with van der Waals surface area (Å²) in [6.07, 6.45) is 2.79. The van der Waals surface area contributed by atoms with Crippen LogP contribution in [-0.2, 0) is 4.79 Å². The Morgan fingerprint density at radius 3 is 2.76 bits per heavy atom. The molecular formula is C12H20F2N2O. The zero-order chi connectivity index (χ0) is 12.3. The van der Waals surface area contributed by atoms with E-state index in [1.807, 2.05) is 0 Å². The van der Waals surface area contributed by atoms with E-state index in [1.54, 1.807) is 0 Å². The summed E-state index contributed by atoms with van der Waals surface area (Å²) in [6, 6.07) is 0.159. The molecule has 0 aromatic rings. The molecule has 1 saturated carbocycles. The van der Waals surface area contributed by atoms with Crippen molar-refractivity contribution in [2.45, 2.75) is 50.5 Å². The Labute approximate surface area is 100 Å². The van der Waals surface area contributed by atoms with Gasteiger partial charge < -0.3 is 10.6 Å². The number of alkyl halides is 2. The highest BCUT2D eigenvalue weighted by molar-refractivity contribution is 5.79. The molecule has 1 aliphatic carbocycles. The lowest BCUT2D eigenvalue weighted by Crippen LogP contribution is -2.39. The molecule has 0 spiro atoms. The lowest BCUT2D eigenvalue weighted by molar-refractivity contribution is -0.126. The first-order valence-corrected chi connectivity index (χ1v) is 6.46. The molecule has 1 saturated heterocycles. The summed E-state index contributed by atoms with van der Waals surface area (Å²) in [6.45, 7) is 1.87. The highest BCUT2D eigenvalue weighted by atomic mass is 19.3. The van der Waals surface area contributed by atoms with Crippen LogP contribution in [0.25, 0.3) is 0 Å². The summed E-state index contributed by atoms with van der Waals surface area (Å²) in [4.78, 5) is 11.8. The Hall–Kier alpha value is -0.710. The highest BCUT2D eigenvalue weighted by Gasteiger charge is 2.42. The molecule has 1 aliphatic heterocycles. The van der Waals surface area contributed by atoms with Crippen molar-refractivity contribution in [1.82, 2.24) is 10.6 Å². The maximum atomic E-state index is 13.0. The van der Waals surface area contributed by atoms with Crippen LogP contribution in [0.3, 0.4) is 0 Å². The third-order valence-electron chi connectivity index (χ3n) is 3.70. The van der Waals surface area contributed by atoms with Gasteiger partial charge in [0.1, 0.15) is 0 Å². The summed E-state index contributed by atoms with van der Waals surface area (Å²) in [5.41, 5.74) is 0. The number of carbonyl (C=O) groups excluding carboxylic acids is 1. The Kier molecular flexibility index (Phi) is 3.97. The quantitative estimate of drug-likeness (QED) is 0.778. The second kappa shape index (κ2) is 5.29. The second-order valence-corrected chi connectivity index (χ2v) is 5.18. The van der Waals surface area contributed by atoms with Crippen molar-refractivity contribution in [1.29, 1.82) is 0 Å². The summed E-state index contributed by atoms with van der Waals surface area (Å²) in [5.74, 6) is -3.29. The van der Waals surface area contributed by atoms with Crippen LogP contribution in [0.4, 0.5) is 8.78 Å². The summed E-state index contributed by atoms with van der Waals surface area (Å²) in [5, 5.41) is 6.19. The fraction of sp³-hybridized carbons (Fsp3) is 0.917. The summed E-state index contributed by atoms with van der Waals surface area (Å²) >= 11 is 0. The van der Waals surface area contributed by atoms with E-state index >= 15 is 0 Å². The van der Waals surface area contributed by atoms with Crippen molar-refractivity contribution in [2.75, 3.05) is 13.1 Å². The van der Waals surface area contributed by atoms with Crippen LogP contribution in [0.15, 0.2) is 0 Å². The maximum Gasteiger partial charge on any atom is 0.248 e. The SMILES string of the molecule is O=C(NC1CCCNCC1)C1CCC(F)(F)C1. The number of hydrogen-bond acceptors (Lipinski definition) is 2. The Morgan fingerprint density at radius 2 is 2.06 bits per heavy atom. The Morgan fingerprint density at radius 1 is 1.24 bits per heavy atom. The lowest BCUT2D eigenvalue weighted by Gasteiger charge is -2.18. The molecule has 17 heavy (non-hydrogen) atoms. The molecule has 98 valence electrons. The highest BCUT2D eigenvalue weighted by Crippen LogP contribution is 2.38. The summed E-state index contributed by atoms with van der Waals surface area (Å²) < 4.78 is 26.0. The Bertz CT molecular complexity index is 276. The van der Waals surface area contributed by atoms with Crippen molar-refractivity contribution < 1.29 is 13.6 Å². The average molecular weight is 246 g/mol. The molecule has 2 N–H and O–H groups in total. The molecule has 0 bridgehead atoms. The summed E-state index contributed by atoms with van der Waals surface area (Å²) in [7, 11) is 0. The van der Waals surface area contributed by atoms with Crippen LogP contribution in [0.5, 0.6) is 0 Å². The minimum atomic E-state index is -2.63. The first-order valence-electron chi connectivity index (χ1n) is 6.46. The minimum absolute atomic E-state index is 0.142. The number of amides is 1. The number of halogens is 2. The van der Waals surface area contributed by atoms with Crippen LogP contribution in [0.1, 0.15) is 38.5 Å². The van der Waals surface area contributed by atoms with E-state index in [0.717, 1.165) is 32.4 Å².